The van der Waals surface area contributed by atoms with E-state index in [1.807, 2.05) is 42.5 Å². The van der Waals surface area contributed by atoms with Gasteiger partial charge in [0.1, 0.15) is 24.0 Å². The van der Waals surface area contributed by atoms with Crippen LogP contribution in [0.4, 0.5) is 0 Å². The Morgan fingerprint density at radius 3 is 2.62 bits per heavy atom. The normalized spacial score (nSPS) is 15.4. The number of rotatable bonds is 5. The molecule has 37 heavy (non-hydrogen) atoms. The average Bonchev–Trinajstić information content (AvgIpc) is 3.55. The van der Waals surface area contributed by atoms with Gasteiger partial charge < -0.3 is 4.74 Å². The Kier molecular flexibility index (Phi) is 5.52. The summed E-state index contributed by atoms with van der Waals surface area (Å²) in [6, 6.07) is 21.6. The maximum Gasteiger partial charge on any atom is 0.264 e. The third-order valence-electron chi connectivity index (χ3n) is 6.77. The molecule has 5 aromatic rings. The molecule has 9 nitrogen and oxygen atoms in total. The van der Waals surface area contributed by atoms with Crippen molar-refractivity contribution in [1.82, 2.24) is 24.3 Å². The molecule has 1 atom stereocenters. The van der Waals surface area contributed by atoms with Gasteiger partial charge in [-0.15, -0.1) is 0 Å². The van der Waals surface area contributed by atoms with Gasteiger partial charge in [0.25, 0.3) is 11.5 Å². The Morgan fingerprint density at radius 2 is 1.84 bits per heavy atom. The van der Waals surface area contributed by atoms with Crippen LogP contribution in [0.1, 0.15) is 23.6 Å². The predicted molar refractivity (Wildman–Crippen MR) is 140 cm³/mol. The average molecular weight is 493 g/mol. The summed E-state index contributed by atoms with van der Waals surface area (Å²) in [6.45, 7) is -0.183. The molecule has 0 N–H and O–H groups in total. The zero-order valence-corrected chi connectivity index (χ0v) is 20.4. The molecule has 0 aliphatic carbocycles. The molecule has 0 bridgehead atoms. The molecule has 0 fully saturated rings. The fourth-order valence-electron chi connectivity index (χ4n) is 4.77. The van der Waals surface area contributed by atoms with Gasteiger partial charge in [0.05, 0.1) is 25.1 Å². The van der Waals surface area contributed by atoms with Crippen LogP contribution in [0.25, 0.3) is 21.8 Å². The van der Waals surface area contributed by atoms with Crippen LogP contribution in [0, 0.1) is 0 Å². The first-order valence-corrected chi connectivity index (χ1v) is 11.9. The minimum atomic E-state index is -0.314. The number of fused-ring (bicyclic) bond motifs is 2. The topological polar surface area (TPSA) is 94.6 Å². The summed E-state index contributed by atoms with van der Waals surface area (Å²) >= 11 is 0. The number of aryl methyl sites for hydroxylation is 1. The van der Waals surface area contributed by atoms with E-state index in [0.717, 1.165) is 33.4 Å². The molecule has 9 heteroatoms. The van der Waals surface area contributed by atoms with Gasteiger partial charge in [0, 0.05) is 13.5 Å². The molecule has 3 aromatic carbocycles. The van der Waals surface area contributed by atoms with Crippen LogP contribution < -0.4 is 10.3 Å². The Balaban J connectivity index is 1.36. The van der Waals surface area contributed by atoms with Gasteiger partial charge >= 0.3 is 0 Å². The third kappa shape index (κ3) is 4.04. The Hall–Kier alpha value is -4.79. The van der Waals surface area contributed by atoms with Crippen molar-refractivity contribution >= 4 is 33.4 Å². The van der Waals surface area contributed by atoms with E-state index in [0.29, 0.717) is 17.5 Å². The van der Waals surface area contributed by atoms with Crippen molar-refractivity contribution in [2.45, 2.75) is 19.0 Å². The summed E-state index contributed by atoms with van der Waals surface area (Å²) < 4.78 is 8.14. The molecule has 0 saturated carbocycles. The molecule has 3 heterocycles. The highest BCUT2D eigenvalue weighted by Gasteiger charge is 2.33. The smallest absolute Gasteiger partial charge is 0.264 e. The summed E-state index contributed by atoms with van der Waals surface area (Å²) in [4.78, 5) is 30.9. The van der Waals surface area contributed by atoms with Gasteiger partial charge in [-0.25, -0.2) is 9.99 Å². The monoisotopic (exact) mass is 492 g/mol. The SMILES string of the molecule is COc1ccc(C2CC(c3ccc4ccccc4c3)=NN2C(=O)Cn2cnc3c(cnn3C)c2=O)cc1. The second kappa shape index (κ2) is 9.02. The molecule has 2 aromatic heterocycles. The number of carbonyl (C=O) groups excluding carboxylic acids is 1. The van der Waals surface area contributed by atoms with Crippen molar-refractivity contribution in [3.63, 3.8) is 0 Å². The Morgan fingerprint density at radius 1 is 1.05 bits per heavy atom. The van der Waals surface area contributed by atoms with Crippen molar-refractivity contribution in [2.75, 3.05) is 7.11 Å². The number of ether oxygens (including phenoxy) is 1. The van der Waals surface area contributed by atoms with Crippen LogP contribution in [0.2, 0.25) is 0 Å². The fraction of sp³-hybridized carbons (Fsp3) is 0.179. The lowest BCUT2D eigenvalue weighted by Crippen LogP contribution is -2.34. The molecular weight excluding hydrogens is 468 g/mol. The number of carbonyl (C=O) groups is 1. The van der Waals surface area contributed by atoms with Crippen molar-refractivity contribution < 1.29 is 9.53 Å². The largest absolute Gasteiger partial charge is 0.497 e. The van der Waals surface area contributed by atoms with Gasteiger partial charge in [0.2, 0.25) is 0 Å². The van der Waals surface area contributed by atoms with Crippen LogP contribution in [0.5, 0.6) is 5.75 Å². The molecule has 6 rings (SSSR count). The molecular formula is C28H24N6O3. The summed E-state index contributed by atoms with van der Waals surface area (Å²) in [5, 5.41) is 13.0. The van der Waals surface area contributed by atoms with Crippen molar-refractivity contribution in [2.24, 2.45) is 12.1 Å². The van der Waals surface area contributed by atoms with Crippen molar-refractivity contribution in [1.29, 1.82) is 0 Å². The zero-order valence-electron chi connectivity index (χ0n) is 20.4. The molecule has 0 saturated heterocycles. The van der Waals surface area contributed by atoms with E-state index in [1.165, 1.54) is 26.8 Å². The predicted octanol–water partition coefficient (Wildman–Crippen LogP) is 3.67. The van der Waals surface area contributed by atoms with Gasteiger partial charge in [-0.3, -0.25) is 18.8 Å². The summed E-state index contributed by atoms with van der Waals surface area (Å²) in [6.07, 6.45) is 3.40. The van der Waals surface area contributed by atoms with E-state index in [4.69, 9.17) is 9.84 Å². The second-order valence-electron chi connectivity index (χ2n) is 9.02. The van der Waals surface area contributed by atoms with Crippen LogP contribution in [-0.4, -0.2) is 43.1 Å². The number of amides is 1. The number of benzene rings is 3. The highest BCUT2D eigenvalue weighted by Crippen LogP contribution is 2.34. The van der Waals surface area contributed by atoms with E-state index in [2.05, 4.69) is 34.3 Å². The van der Waals surface area contributed by atoms with Crippen molar-refractivity contribution in [3.05, 3.63) is 101 Å². The number of aromatic nitrogens is 4. The summed E-state index contributed by atoms with van der Waals surface area (Å²) in [7, 11) is 3.34. The number of methoxy groups -OCH3 is 1. The van der Waals surface area contributed by atoms with Crippen LogP contribution in [0.15, 0.2) is 89.2 Å². The lowest BCUT2D eigenvalue weighted by atomic mass is 9.97. The molecule has 1 aliphatic heterocycles. The first-order valence-electron chi connectivity index (χ1n) is 11.9. The Bertz CT molecular complexity index is 1740. The van der Waals surface area contributed by atoms with Crippen LogP contribution >= 0.6 is 0 Å². The fourth-order valence-corrected chi connectivity index (χ4v) is 4.77. The lowest BCUT2D eigenvalue weighted by molar-refractivity contribution is -0.133. The van der Waals surface area contributed by atoms with Crippen LogP contribution in [-0.2, 0) is 18.4 Å². The van der Waals surface area contributed by atoms with E-state index in [-0.39, 0.29) is 24.1 Å². The van der Waals surface area contributed by atoms with Gasteiger partial charge in [-0.2, -0.15) is 10.2 Å². The molecule has 1 unspecified atom stereocenters. The van der Waals surface area contributed by atoms with Gasteiger partial charge in [0.15, 0.2) is 5.65 Å². The number of hydrogen-bond donors (Lipinski definition) is 0. The van der Waals surface area contributed by atoms with E-state index in [9.17, 15) is 9.59 Å². The molecule has 184 valence electrons. The van der Waals surface area contributed by atoms with E-state index < -0.39 is 0 Å². The van der Waals surface area contributed by atoms with Gasteiger partial charge in [-0.1, -0.05) is 48.5 Å². The second-order valence-corrected chi connectivity index (χ2v) is 9.02. The number of hydrogen-bond acceptors (Lipinski definition) is 6. The van der Waals surface area contributed by atoms with Crippen molar-refractivity contribution in [3.8, 4) is 5.75 Å². The maximum absolute atomic E-state index is 13.6. The Labute approximate surface area is 212 Å². The van der Waals surface area contributed by atoms with E-state index >= 15 is 0 Å². The highest BCUT2D eigenvalue weighted by atomic mass is 16.5. The standard InChI is InChI=1S/C28H24N6O3/c1-32-27-23(15-30-32)28(36)33(17-29-27)16-26(35)34-25(19-9-11-22(37-2)12-10-19)14-24(31-34)21-8-7-18-5-3-4-6-20(18)13-21/h3-13,15,17,25H,14,16H2,1-2H3. The number of nitrogens with zero attached hydrogens (tertiary/aromatic N) is 6. The molecule has 1 aliphatic rings. The molecule has 1 amide bonds. The van der Waals surface area contributed by atoms with Gasteiger partial charge in [-0.05, 0) is 40.1 Å². The van der Waals surface area contributed by atoms with Crippen LogP contribution in [0.3, 0.4) is 0 Å². The summed E-state index contributed by atoms with van der Waals surface area (Å²) in [5.74, 6) is 0.432. The lowest BCUT2D eigenvalue weighted by Gasteiger charge is -2.22. The number of hydrazone groups is 1. The quantitative estimate of drug-likeness (QED) is 0.373. The minimum absolute atomic E-state index is 0.183. The third-order valence-corrected chi connectivity index (χ3v) is 6.77. The minimum Gasteiger partial charge on any atom is -0.497 e. The maximum atomic E-state index is 13.6. The summed E-state index contributed by atoms with van der Waals surface area (Å²) in [5.41, 5.74) is 2.87. The van der Waals surface area contributed by atoms with E-state index in [1.54, 1.807) is 14.2 Å². The highest BCUT2D eigenvalue weighted by molar-refractivity contribution is 6.05. The molecule has 0 spiro atoms. The molecule has 0 radical (unpaired) electrons. The first kappa shape index (κ1) is 22.7. The zero-order chi connectivity index (χ0) is 25.5. The first-order chi connectivity index (χ1) is 18.0.